The van der Waals surface area contributed by atoms with Gasteiger partial charge in [-0.15, -0.1) is 0 Å². The van der Waals surface area contributed by atoms with Gasteiger partial charge in [-0.25, -0.2) is 4.79 Å². The van der Waals surface area contributed by atoms with Crippen molar-refractivity contribution in [1.29, 1.82) is 0 Å². The third kappa shape index (κ3) is 1.69. The number of nitrogens with zero attached hydrogens (tertiary/aromatic N) is 1. The van der Waals surface area contributed by atoms with Gasteiger partial charge in [0.25, 0.3) is 0 Å². The van der Waals surface area contributed by atoms with Crippen LogP contribution < -0.4 is 5.32 Å². The van der Waals surface area contributed by atoms with E-state index in [2.05, 4.69) is 5.32 Å². The summed E-state index contributed by atoms with van der Waals surface area (Å²) in [6, 6.07) is 0.183. The van der Waals surface area contributed by atoms with Gasteiger partial charge in [-0.2, -0.15) is 0 Å². The van der Waals surface area contributed by atoms with E-state index < -0.39 is 0 Å². The number of rotatable bonds is 1. The summed E-state index contributed by atoms with van der Waals surface area (Å²) in [4.78, 5) is 12.9. The normalized spacial score (nSPS) is 28.6. The average molecular weight is 172 g/mol. The SMILES string of the molecule is CNC(=O)N(C)C1CCOC1C. The first kappa shape index (κ1) is 9.32. The van der Waals surface area contributed by atoms with Crippen molar-refractivity contribution in [2.24, 2.45) is 0 Å². The van der Waals surface area contributed by atoms with Gasteiger partial charge in [0.1, 0.15) is 0 Å². The Kier molecular flexibility index (Phi) is 2.92. The van der Waals surface area contributed by atoms with Crippen molar-refractivity contribution in [2.45, 2.75) is 25.5 Å². The first-order chi connectivity index (χ1) is 5.66. The molecule has 0 spiro atoms. The van der Waals surface area contributed by atoms with E-state index in [0.717, 1.165) is 13.0 Å². The fourth-order valence-corrected chi connectivity index (χ4v) is 1.56. The van der Waals surface area contributed by atoms with Gasteiger partial charge in [0.2, 0.25) is 0 Å². The second-order valence-corrected chi connectivity index (χ2v) is 3.10. The molecule has 0 aliphatic carbocycles. The van der Waals surface area contributed by atoms with Crippen LogP contribution in [0.2, 0.25) is 0 Å². The summed E-state index contributed by atoms with van der Waals surface area (Å²) >= 11 is 0. The highest BCUT2D eigenvalue weighted by Gasteiger charge is 2.29. The third-order valence-corrected chi connectivity index (χ3v) is 2.37. The molecular weight excluding hydrogens is 156 g/mol. The van der Waals surface area contributed by atoms with Crippen molar-refractivity contribution >= 4 is 6.03 Å². The Morgan fingerprint density at radius 3 is 2.75 bits per heavy atom. The molecule has 1 rings (SSSR count). The quantitative estimate of drug-likeness (QED) is 0.623. The van der Waals surface area contributed by atoms with E-state index in [1.807, 2.05) is 6.92 Å². The lowest BCUT2D eigenvalue weighted by atomic mass is 10.1. The van der Waals surface area contributed by atoms with Crippen LogP contribution in [0.1, 0.15) is 13.3 Å². The fourth-order valence-electron chi connectivity index (χ4n) is 1.56. The van der Waals surface area contributed by atoms with Gasteiger partial charge in [0.05, 0.1) is 12.1 Å². The molecule has 0 saturated carbocycles. The molecule has 0 aromatic heterocycles. The first-order valence-electron chi connectivity index (χ1n) is 4.23. The van der Waals surface area contributed by atoms with Crippen LogP contribution in [0.4, 0.5) is 4.79 Å². The van der Waals surface area contributed by atoms with E-state index in [4.69, 9.17) is 4.74 Å². The Morgan fingerprint density at radius 1 is 1.67 bits per heavy atom. The molecule has 70 valence electrons. The molecule has 1 saturated heterocycles. The Morgan fingerprint density at radius 2 is 2.33 bits per heavy atom. The number of ether oxygens (including phenoxy) is 1. The maximum atomic E-state index is 11.2. The van der Waals surface area contributed by atoms with E-state index >= 15 is 0 Å². The molecule has 0 aromatic rings. The Labute approximate surface area is 72.9 Å². The highest BCUT2D eigenvalue weighted by Crippen LogP contribution is 2.17. The van der Waals surface area contributed by atoms with Crippen LogP contribution in [-0.2, 0) is 4.74 Å². The topological polar surface area (TPSA) is 41.6 Å². The molecule has 1 fully saturated rings. The number of urea groups is 1. The Balaban J connectivity index is 2.51. The number of amides is 2. The second kappa shape index (κ2) is 3.76. The summed E-state index contributed by atoms with van der Waals surface area (Å²) in [5.74, 6) is 0. The maximum absolute atomic E-state index is 11.2. The van der Waals surface area contributed by atoms with Gasteiger partial charge in [0, 0.05) is 20.7 Å². The smallest absolute Gasteiger partial charge is 0.317 e. The van der Waals surface area contributed by atoms with E-state index in [9.17, 15) is 4.79 Å². The monoisotopic (exact) mass is 172 g/mol. The maximum Gasteiger partial charge on any atom is 0.317 e. The summed E-state index contributed by atoms with van der Waals surface area (Å²) in [5.41, 5.74) is 0. The van der Waals surface area contributed by atoms with Crippen molar-refractivity contribution in [1.82, 2.24) is 10.2 Å². The zero-order chi connectivity index (χ0) is 9.14. The standard InChI is InChI=1S/C8H16N2O2/c1-6-7(4-5-12-6)10(3)8(11)9-2/h6-7H,4-5H2,1-3H3,(H,9,11). The molecule has 1 N–H and O–H groups in total. The zero-order valence-corrected chi connectivity index (χ0v) is 7.83. The molecule has 4 nitrogen and oxygen atoms in total. The van der Waals surface area contributed by atoms with Crippen LogP contribution in [-0.4, -0.2) is 43.8 Å². The molecule has 0 bridgehead atoms. The molecule has 0 aromatic carbocycles. The summed E-state index contributed by atoms with van der Waals surface area (Å²) in [5, 5.41) is 2.59. The number of hydrogen-bond acceptors (Lipinski definition) is 2. The largest absolute Gasteiger partial charge is 0.376 e. The van der Waals surface area contributed by atoms with Gasteiger partial charge in [0.15, 0.2) is 0 Å². The van der Waals surface area contributed by atoms with Gasteiger partial charge < -0.3 is 15.0 Å². The molecule has 1 aliphatic heterocycles. The number of likely N-dealkylation sites (N-methyl/N-ethyl adjacent to an activating group) is 1. The minimum Gasteiger partial charge on any atom is -0.376 e. The Bertz CT molecular complexity index is 172. The van der Waals surface area contributed by atoms with Crippen molar-refractivity contribution in [3.8, 4) is 0 Å². The summed E-state index contributed by atoms with van der Waals surface area (Å²) in [6.45, 7) is 2.75. The minimum atomic E-state index is -0.0441. The third-order valence-electron chi connectivity index (χ3n) is 2.37. The molecule has 0 radical (unpaired) electrons. The van der Waals surface area contributed by atoms with Crippen LogP contribution >= 0.6 is 0 Å². The van der Waals surface area contributed by atoms with E-state index in [1.165, 1.54) is 0 Å². The Hall–Kier alpha value is -0.770. The van der Waals surface area contributed by atoms with Crippen LogP contribution in [0.3, 0.4) is 0 Å². The number of nitrogens with one attached hydrogen (secondary N) is 1. The molecule has 1 aliphatic rings. The van der Waals surface area contributed by atoms with Crippen LogP contribution in [0.5, 0.6) is 0 Å². The van der Waals surface area contributed by atoms with E-state index in [1.54, 1.807) is 19.0 Å². The molecule has 1 heterocycles. The minimum absolute atomic E-state index is 0.0441. The molecule has 2 amide bonds. The molecule has 4 heteroatoms. The van der Waals surface area contributed by atoms with E-state index in [0.29, 0.717) is 0 Å². The van der Waals surface area contributed by atoms with Crippen LogP contribution in [0.25, 0.3) is 0 Å². The summed E-state index contributed by atoms with van der Waals surface area (Å²) < 4.78 is 5.36. The lowest BCUT2D eigenvalue weighted by Gasteiger charge is -2.26. The lowest BCUT2D eigenvalue weighted by Crippen LogP contribution is -2.45. The predicted octanol–water partition coefficient (Wildman–Crippen LogP) is 0.435. The van der Waals surface area contributed by atoms with Gasteiger partial charge in [-0.05, 0) is 13.3 Å². The molecule has 2 atom stereocenters. The predicted molar refractivity (Wildman–Crippen MR) is 46.0 cm³/mol. The number of hydrogen-bond donors (Lipinski definition) is 1. The van der Waals surface area contributed by atoms with Gasteiger partial charge in [-0.1, -0.05) is 0 Å². The van der Waals surface area contributed by atoms with E-state index in [-0.39, 0.29) is 18.2 Å². The zero-order valence-electron chi connectivity index (χ0n) is 7.83. The van der Waals surface area contributed by atoms with Crippen molar-refractivity contribution < 1.29 is 9.53 Å². The highest BCUT2D eigenvalue weighted by molar-refractivity contribution is 5.73. The van der Waals surface area contributed by atoms with Crippen molar-refractivity contribution in [2.75, 3.05) is 20.7 Å². The second-order valence-electron chi connectivity index (χ2n) is 3.10. The van der Waals surface area contributed by atoms with Crippen molar-refractivity contribution in [3.05, 3.63) is 0 Å². The number of carbonyl (C=O) groups excluding carboxylic acids is 1. The lowest BCUT2D eigenvalue weighted by molar-refractivity contribution is 0.0911. The van der Waals surface area contributed by atoms with Gasteiger partial charge in [-0.3, -0.25) is 0 Å². The molecule has 2 unspecified atom stereocenters. The van der Waals surface area contributed by atoms with Crippen molar-refractivity contribution in [3.63, 3.8) is 0 Å². The average Bonchev–Trinajstić information content (AvgIpc) is 2.48. The molecule has 12 heavy (non-hydrogen) atoms. The highest BCUT2D eigenvalue weighted by atomic mass is 16.5. The summed E-state index contributed by atoms with van der Waals surface area (Å²) in [6.07, 6.45) is 1.10. The fraction of sp³-hybridized carbons (Fsp3) is 0.875. The first-order valence-corrected chi connectivity index (χ1v) is 4.23. The van der Waals surface area contributed by atoms with Crippen LogP contribution in [0.15, 0.2) is 0 Å². The summed E-state index contributed by atoms with van der Waals surface area (Å²) in [7, 11) is 3.44. The molecular formula is C8H16N2O2. The number of carbonyl (C=O) groups is 1. The van der Waals surface area contributed by atoms with Crippen LogP contribution in [0, 0.1) is 0 Å². The van der Waals surface area contributed by atoms with Gasteiger partial charge >= 0.3 is 6.03 Å².